The first-order valence-corrected chi connectivity index (χ1v) is 11.0. The minimum absolute atomic E-state index is 0.118. The molecular weight excluding hydrogens is 368 g/mol. The molecule has 0 bridgehead atoms. The zero-order valence-corrected chi connectivity index (χ0v) is 16.3. The molecule has 1 aromatic rings. The maximum atomic E-state index is 12.7. The predicted octanol–water partition coefficient (Wildman–Crippen LogP) is 2.85. The third-order valence-corrected chi connectivity index (χ3v) is 6.96. The van der Waals surface area contributed by atoms with Crippen molar-refractivity contribution in [3.8, 4) is 0 Å². The highest BCUT2D eigenvalue weighted by Crippen LogP contribution is 2.24. The minimum atomic E-state index is -3.59. The highest BCUT2D eigenvalue weighted by Gasteiger charge is 2.27. The van der Waals surface area contributed by atoms with Crippen LogP contribution in [0.15, 0.2) is 23.1 Å². The van der Waals surface area contributed by atoms with Crippen molar-refractivity contribution in [2.75, 3.05) is 31.1 Å². The van der Waals surface area contributed by atoms with E-state index in [2.05, 4.69) is 19.2 Å². The van der Waals surface area contributed by atoms with E-state index in [0.29, 0.717) is 25.6 Å². The number of hydrogen-bond donors (Lipinski definition) is 1. The molecule has 0 radical (unpaired) electrons. The molecule has 1 aliphatic heterocycles. The van der Waals surface area contributed by atoms with E-state index in [9.17, 15) is 13.2 Å². The van der Waals surface area contributed by atoms with Crippen molar-refractivity contribution in [2.24, 2.45) is 5.92 Å². The van der Waals surface area contributed by atoms with Gasteiger partial charge >= 0.3 is 0 Å². The molecule has 2 rings (SSSR count). The molecule has 134 valence electrons. The smallest absolute Gasteiger partial charge is 0.252 e. The van der Waals surface area contributed by atoms with Crippen LogP contribution in [-0.4, -0.2) is 49.8 Å². The van der Waals surface area contributed by atoms with Gasteiger partial charge in [-0.05, 0) is 30.5 Å². The summed E-state index contributed by atoms with van der Waals surface area (Å²) in [6.07, 6.45) is 0.854. The average Bonchev–Trinajstić information content (AvgIpc) is 2.55. The molecule has 0 unspecified atom stereocenters. The Morgan fingerprint density at radius 1 is 1.33 bits per heavy atom. The maximum absolute atomic E-state index is 12.7. The Kier molecular flexibility index (Phi) is 6.98. The molecule has 1 fully saturated rings. The van der Waals surface area contributed by atoms with Crippen molar-refractivity contribution < 1.29 is 13.2 Å². The topological polar surface area (TPSA) is 66.5 Å². The van der Waals surface area contributed by atoms with E-state index in [1.807, 2.05) is 0 Å². The van der Waals surface area contributed by atoms with Crippen molar-refractivity contribution >= 4 is 39.3 Å². The third kappa shape index (κ3) is 4.88. The molecule has 0 aromatic heterocycles. The molecule has 0 aliphatic carbocycles. The summed E-state index contributed by atoms with van der Waals surface area (Å²) in [7, 11) is -3.59. The van der Waals surface area contributed by atoms with Crippen LogP contribution in [0.1, 0.15) is 30.6 Å². The highest BCUT2D eigenvalue weighted by molar-refractivity contribution is 7.99. The first-order valence-electron chi connectivity index (χ1n) is 7.98. The molecule has 0 atom stereocenters. The summed E-state index contributed by atoms with van der Waals surface area (Å²) in [4.78, 5) is 12.4. The second kappa shape index (κ2) is 8.56. The molecule has 1 amide bonds. The number of hydrogen-bond acceptors (Lipinski definition) is 4. The maximum Gasteiger partial charge on any atom is 0.252 e. The lowest BCUT2D eigenvalue weighted by Crippen LogP contribution is -2.38. The van der Waals surface area contributed by atoms with Crippen molar-refractivity contribution in [1.29, 1.82) is 0 Å². The number of amides is 1. The fourth-order valence-corrected chi connectivity index (χ4v) is 5.15. The fourth-order valence-electron chi connectivity index (χ4n) is 2.34. The molecular formula is C16H23ClN2O3S2. The number of nitrogens with zero attached hydrogens (tertiary/aromatic N) is 1. The van der Waals surface area contributed by atoms with Gasteiger partial charge in [0.1, 0.15) is 0 Å². The number of sulfonamides is 1. The number of carbonyl (C=O) groups excluding carboxylic acids is 1. The largest absolute Gasteiger partial charge is 0.352 e. The quantitative estimate of drug-likeness (QED) is 0.811. The molecule has 8 heteroatoms. The first kappa shape index (κ1) is 19.6. The molecule has 1 saturated heterocycles. The number of carbonyl (C=O) groups is 1. The van der Waals surface area contributed by atoms with Crippen molar-refractivity contribution in [2.45, 2.75) is 25.2 Å². The summed E-state index contributed by atoms with van der Waals surface area (Å²) in [6.45, 7) is 5.66. The lowest BCUT2D eigenvalue weighted by molar-refractivity contribution is 0.0952. The highest BCUT2D eigenvalue weighted by atomic mass is 35.5. The van der Waals surface area contributed by atoms with E-state index >= 15 is 0 Å². The van der Waals surface area contributed by atoms with Crippen LogP contribution in [0, 0.1) is 5.92 Å². The molecule has 1 N–H and O–H groups in total. The van der Waals surface area contributed by atoms with Crippen LogP contribution in [-0.2, 0) is 10.0 Å². The van der Waals surface area contributed by atoms with Crippen molar-refractivity contribution in [1.82, 2.24) is 9.62 Å². The molecule has 1 aromatic carbocycles. The van der Waals surface area contributed by atoms with Gasteiger partial charge < -0.3 is 5.32 Å². The van der Waals surface area contributed by atoms with Crippen molar-refractivity contribution in [3.63, 3.8) is 0 Å². The van der Waals surface area contributed by atoms with Crippen LogP contribution in [0.2, 0.25) is 5.02 Å². The van der Waals surface area contributed by atoms with Gasteiger partial charge in [0.05, 0.1) is 15.5 Å². The fraction of sp³-hybridized carbons (Fsp3) is 0.562. The Labute approximate surface area is 153 Å². The number of halogens is 1. The zero-order valence-electron chi connectivity index (χ0n) is 13.9. The minimum Gasteiger partial charge on any atom is -0.352 e. The van der Waals surface area contributed by atoms with E-state index in [4.69, 9.17) is 11.6 Å². The summed E-state index contributed by atoms with van der Waals surface area (Å²) in [6, 6.07) is 4.32. The third-order valence-electron chi connectivity index (χ3n) is 3.80. The lowest BCUT2D eigenvalue weighted by Gasteiger charge is -2.25. The molecule has 1 aliphatic rings. The number of thioether (sulfide) groups is 1. The van der Waals surface area contributed by atoms with Gasteiger partial charge in [0.15, 0.2) is 0 Å². The lowest BCUT2D eigenvalue weighted by atomic mass is 10.1. The Balaban J connectivity index is 2.19. The van der Waals surface area contributed by atoms with E-state index in [1.165, 1.54) is 22.5 Å². The molecule has 0 spiro atoms. The van der Waals surface area contributed by atoms with Gasteiger partial charge in [0.2, 0.25) is 10.0 Å². The van der Waals surface area contributed by atoms with Crippen LogP contribution in [0.4, 0.5) is 0 Å². The van der Waals surface area contributed by atoms with Crippen LogP contribution in [0.3, 0.4) is 0 Å². The monoisotopic (exact) mass is 390 g/mol. The van der Waals surface area contributed by atoms with Gasteiger partial charge in [-0.25, -0.2) is 8.42 Å². The molecule has 0 saturated carbocycles. The summed E-state index contributed by atoms with van der Waals surface area (Å²) in [5, 5.41) is 3.05. The predicted molar refractivity (Wildman–Crippen MR) is 99.3 cm³/mol. The summed E-state index contributed by atoms with van der Waals surface area (Å²) in [5.41, 5.74) is 0.202. The summed E-state index contributed by atoms with van der Waals surface area (Å²) in [5.74, 6) is 1.71. The molecule has 1 heterocycles. The molecule has 24 heavy (non-hydrogen) atoms. The standard InChI is InChI=1S/C16H23ClN2O3S2/c1-12(2)5-6-18-16(20)14-11-13(3-4-15(14)17)24(21,22)19-7-9-23-10-8-19/h3-4,11-12H,5-10H2,1-2H3,(H,18,20). The van der Waals surface area contributed by atoms with Crippen LogP contribution in [0.5, 0.6) is 0 Å². The van der Waals surface area contributed by atoms with Gasteiger partial charge in [-0.1, -0.05) is 25.4 Å². The summed E-state index contributed by atoms with van der Waals surface area (Å²) >= 11 is 7.84. The second-order valence-corrected chi connectivity index (χ2v) is 9.67. The van der Waals surface area contributed by atoms with Gasteiger partial charge in [-0.15, -0.1) is 0 Å². The van der Waals surface area contributed by atoms with Crippen LogP contribution < -0.4 is 5.32 Å². The van der Waals surface area contributed by atoms with Gasteiger partial charge in [0.25, 0.3) is 5.91 Å². The van der Waals surface area contributed by atoms with Gasteiger partial charge in [0, 0.05) is 31.1 Å². The zero-order chi connectivity index (χ0) is 17.7. The van der Waals surface area contributed by atoms with Gasteiger partial charge in [-0.3, -0.25) is 4.79 Å². The van der Waals surface area contributed by atoms with Crippen molar-refractivity contribution in [3.05, 3.63) is 28.8 Å². The Hall–Kier alpha value is -0.760. The van der Waals surface area contributed by atoms with Crippen LogP contribution >= 0.6 is 23.4 Å². The SMILES string of the molecule is CC(C)CCNC(=O)c1cc(S(=O)(=O)N2CCSCC2)ccc1Cl. The molecule has 5 nitrogen and oxygen atoms in total. The Morgan fingerprint density at radius 2 is 2.00 bits per heavy atom. The summed E-state index contributed by atoms with van der Waals surface area (Å²) < 4.78 is 26.9. The van der Waals surface area contributed by atoms with Gasteiger partial charge in [-0.2, -0.15) is 16.1 Å². The Bertz CT molecular complexity index is 687. The number of nitrogens with one attached hydrogen (secondary N) is 1. The number of rotatable bonds is 6. The van der Waals surface area contributed by atoms with E-state index < -0.39 is 10.0 Å². The van der Waals surface area contributed by atoms with E-state index in [-0.39, 0.29) is 21.4 Å². The number of benzene rings is 1. The average molecular weight is 391 g/mol. The Morgan fingerprint density at radius 3 is 2.62 bits per heavy atom. The second-order valence-electron chi connectivity index (χ2n) is 6.10. The van der Waals surface area contributed by atoms with E-state index in [0.717, 1.165) is 17.9 Å². The van der Waals surface area contributed by atoms with E-state index in [1.54, 1.807) is 11.8 Å². The van der Waals surface area contributed by atoms with Crippen LogP contribution in [0.25, 0.3) is 0 Å². The normalized spacial score (nSPS) is 16.3. The first-order chi connectivity index (χ1) is 11.3.